The van der Waals surface area contributed by atoms with E-state index in [2.05, 4.69) is 16.2 Å². The number of rotatable bonds is 5. The number of hydrogen-bond acceptors (Lipinski definition) is 5. The highest BCUT2D eigenvalue weighted by Gasteiger charge is 2.52. The molecule has 2 unspecified atom stereocenters. The molecule has 2 atom stereocenters. The van der Waals surface area contributed by atoms with Gasteiger partial charge in [0.1, 0.15) is 11.8 Å². The summed E-state index contributed by atoms with van der Waals surface area (Å²) in [7, 11) is 0. The second-order valence-electron chi connectivity index (χ2n) is 7.91. The van der Waals surface area contributed by atoms with Crippen LogP contribution in [0.4, 0.5) is 4.39 Å². The SMILES string of the molecule is N#Cc1cnn2cc(OCCC3(O)CC4CC4C3)cc(-c3ccc(F)nc3)c12. The van der Waals surface area contributed by atoms with E-state index in [9.17, 15) is 14.8 Å². The number of nitrogens with zero attached hydrogens (tertiary/aromatic N) is 4. The van der Waals surface area contributed by atoms with Gasteiger partial charge >= 0.3 is 0 Å². The predicted molar refractivity (Wildman–Crippen MR) is 99.0 cm³/mol. The monoisotopic (exact) mass is 378 g/mol. The van der Waals surface area contributed by atoms with Crippen LogP contribution < -0.4 is 4.74 Å². The Bertz CT molecular complexity index is 1080. The maximum atomic E-state index is 13.2. The zero-order chi connectivity index (χ0) is 19.3. The van der Waals surface area contributed by atoms with Crippen molar-refractivity contribution in [3.63, 3.8) is 0 Å². The van der Waals surface area contributed by atoms with Crippen molar-refractivity contribution in [1.82, 2.24) is 14.6 Å². The Balaban J connectivity index is 1.43. The molecule has 0 saturated heterocycles. The molecule has 3 aromatic heterocycles. The summed E-state index contributed by atoms with van der Waals surface area (Å²) in [5, 5.41) is 24.3. The van der Waals surface area contributed by atoms with Crippen molar-refractivity contribution in [2.24, 2.45) is 11.8 Å². The van der Waals surface area contributed by atoms with Gasteiger partial charge in [-0.2, -0.15) is 14.8 Å². The fourth-order valence-corrected chi connectivity index (χ4v) is 4.45. The molecule has 142 valence electrons. The predicted octanol–water partition coefficient (Wildman–Crippen LogP) is 3.34. The van der Waals surface area contributed by atoms with Crippen molar-refractivity contribution in [2.45, 2.75) is 31.3 Å². The largest absolute Gasteiger partial charge is 0.492 e. The minimum Gasteiger partial charge on any atom is -0.492 e. The van der Waals surface area contributed by atoms with Crippen molar-refractivity contribution in [1.29, 1.82) is 5.26 Å². The highest BCUT2D eigenvalue weighted by molar-refractivity contribution is 5.84. The third-order valence-corrected chi connectivity index (χ3v) is 5.94. The van der Waals surface area contributed by atoms with Gasteiger partial charge in [0.25, 0.3) is 0 Å². The van der Waals surface area contributed by atoms with E-state index in [1.807, 2.05) is 6.07 Å². The second kappa shape index (κ2) is 6.28. The first-order chi connectivity index (χ1) is 13.5. The average molecular weight is 378 g/mol. The first-order valence-corrected chi connectivity index (χ1v) is 9.43. The third kappa shape index (κ3) is 3.00. The van der Waals surface area contributed by atoms with E-state index in [0.717, 1.165) is 12.8 Å². The quantitative estimate of drug-likeness (QED) is 0.689. The summed E-state index contributed by atoms with van der Waals surface area (Å²) in [5.41, 5.74) is 1.80. The van der Waals surface area contributed by atoms with Crippen molar-refractivity contribution in [3.8, 4) is 22.9 Å². The molecular formula is C21H19FN4O2. The van der Waals surface area contributed by atoms with Gasteiger partial charge in [0.2, 0.25) is 5.95 Å². The summed E-state index contributed by atoms with van der Waals surface area (Å²) in [6.45, 7) is 0.398. The molecule has 0 amide bonds. The lowest BCUT2D eigenvalue weighted by Crippen LogP contribution is -2.28. The van der Waals surface area contributed by atoms with Gasteiger partial charge in [0.05, 0.1) is 35.7 Å². The summed E-state index contributed by atoms with van der Waals surface area (Å²) in [6.07, 6.45) is 8.23. The van der Waals surface area contributed by atoms with Crippen molar-refractivity contribution in [2.75, 3.05) is 6.61 Å². The van der Waals surface area contributed by atoms with Crippen LogP contribution in [0, 0.1) is 29.1 Å². The van der Waals surface area contributed by atoms with Gasteiger partial charge in [0, 0.05) is 23.7 Å². The van der Waals surface area contributed by atoms with Crippen molar-refractivity contribution in [3.05, 3.63) is 48.3 Å². The van der Waals surface area contributed by atoms with Gasteiger partial charge in [-0.3, -0.25) is 0 Å². The first kappa shape index (κ1) is 17.1. The maximum absolute atomic E-state index is 13.2. The van der Waals surface area contributed by atoms with E-state index in [0.29, 0.717) is 52.8 Å². The zero-order valence-electron chi connectivity index (χ0n) is 15.2. The maximum Gasteiger partial charge on any atom is 0.212 e. The van der Waals surface area contributed by atoms with E-state index < -0.39 is 11.5 Å². The Hall–Kier alpha value is -2.98. The number of halogens is 1. The van der Waals surface area contributed by atoms with E-state index in [-0.39, 0.29) is 0 Å². The Morgan fingerprint density at radius 3 is 2.86 bits per heavy atom. The molecule has 3 aromatic rings. The minimum absolute atomic E-state index is 0.398. The highest BCUT2D eigenvalue weighted by Crippen LogP contribution is 2.56. The molecule has 0 aliphatic heterocycles. The number of ether oxygens (including phenoxy) is 1. The molecule has 0 spiro atoms. The van der Waals surface area contributed by atoms with Crippen LogP contribution in [0.25, 0.3) is 16.6 Å². The molecule has 0 aromatic carbocycles. The fraction of sp³-hybridized carbons (Fsp3) is 0.381. The second-order valence-corrected chi connectivity index (χ2v) is 7.91. The zero-order valence-corrected chi connectivity index (χ0v) is 15.2. The number of fused-ring (bicyclic) bond motifs is 2. The number of hydrogen-bond donors (Lipinski definition) is 1. The average Bonchev–Trinajstić information content (AvgIpc) is 3.11. The standard InChI is InChI=1S/C21H19FN4O2/c22-19-2-1-13(10-24-19)18-6-17(12-26-20(18)16(9-23)11-25-26)28-4-3-21(27)7-14-5-15(14)8-21/h1-2,6,10-12,14-15,27H,3-5,7-8H2. The minimum atomic E-state index is -0.610. The molecule has 2 saturated carbocycles. The normalized spacial score (nSPS) is 25.5. The summed E-state index contributed by atoms with van der Waals surface area (Å²) in [6, 6.07) is 6.84. The molecule has 0 bridgehead atoms. The summed E-state index contributed by atoms with van der Waals surface area (Å²) in [4.78, 5) is 3.71. The summed E-state index contributed by atoms with van der Waals surface area (Å²) < 4.78 is 20.7. The Morgan fingerprint density at radius 1 is 1.32 bits per heavy atom. The van der Waals surface area contributed by atoms with Crippen LogP contribution in [0.3, 0.4) is 0 Å². The van der Waals surface area contributed by atoms with Gasteiger partial charge in [-0.25, -0.2) is 9.50 Å². The summed E-state index contributed by atoms with van der Waals surface area (Å²) >= 11 is 0. The fourth-order valence-electron chi connectivity index (χ4n) is 4.45. The van der Waals surface area contributed by atoms with Crippen molar-refractivity contribution >= 4 is 5.52 Å². The Kier molecular flexibility index (Phi) is 3.84. The lowest BCUT2D eigenvalue weighted by atomic mass is 9.94. The molecule has 28 heavy (non-hydrogen) atoms. The van der Waals surface area contributed by atoms with Crippen LogP contribution in [0.2, 0.25) is 0 Å². The highest BCUT2D eigenvalue weighted by atomic mass is 19.1. The lowest BCUT2D eigenvalue weighted by Gasteiger charge is -2.24. The smallest absolute Gasteiger partial charge is 0.212 e. The molecule has 3 heterocycles. The van der Waals surface area contributed by atoms with Gasteiger partial charge < -0.3 is 9.84 Å². The topological polar surface area (TPSA) is 83.4 Å². The van der Waals surface area contributed by atoms with Gasteiger partial charge in [-0.1, -0.05) is 0 Å². The van der Waals surface area contributed by atoms with E-state index in [1.165, 1.54) is 24.9 Å². The van der Waals surface area contributed by atoms with E-state index in [4.69, 9.17) is 4.74 Å². The molecular weight excluding hydrogens is 359 g/mol. The summed E-state index contributed by atoms with van der Waals surface area (Å²) in [5.74, 6) is 1.41. The molecule has 1 N–H and O–H groups in total. The lowest BCUT2D eigenvalue weighted by molar-refractivity contribution is 0.0142. The van der Waals surface area contributed by atoms with Crippen LogP contribution in [0.15, 0.2) is 36.8 Å². The Morgan fingerprint density at radius 2 is 2.14 bits per heavy atom. The molecule has 7 heteroatoms. The van der Waals surface area contributed by atoms with E-state index in [1.54, 1.807) is 16.8 Å². The third-order valence-electron chi connectivity index (χ3n) is 5.94. The van der Waals surface area contributed by atoms with Crippen LogP contribution in [0.1, 0.15) is 31.2 Å². The number of aromatic nitrogens is 3. The number of nitriles is 1. The van der Waals surface area contributed by atoms with Crippen LogP contribution in [0.5, 0.6) is 5.75 Å². The Labute approximate surface area is 161 Å². The van der Waals surface area contributed by atoms with Gasteiger partial charge in [-0.05, 0) is 49.3 Å². The molecule has 5 rings (SSSR count). The van der Waals surface area contributed by atoms with Crippen LogP contribution >= 0.6 is 0 Å². The number of pyridine rings is 2. The number of aliphatic hydroxyl groups is 1. The molecule has 0 radical (unpaired) electrons. The molecule has 2 fully saturated rings. The first-order valence-electron chi connectivity index (χ1n) is 9.43. The van der Waals surface area contributed by atoms with Crippen LogP contribution in [-0.2, 0) is 0 Å². The molecule has 2 aliphatic rings. The molecule has 2 aliphatic carbocycles. The van der Waals surface area contributed by atoms with Crippen molar-refractivity contribution < 1.29 is 14.2 Å². The van der Waals surface area contributed by atoms with E-state index >= 15 is 0 Å². The van der Waals surface area contributed by atoms with Crippen LogP contribution in [-0.4, -0.2) is 31.9 Å². The van der Waals surface area contributed by atoms with Gasteiger partial charge in [-0.15, -0.1) is 0 Å². The molecule has 6 nitrogen and oxygen atoms in total. The van der Waals surface area contributed by atoms with Gasteiger partial charge in [0.15, 0.2) is 0 Å².